The number of hydrogen-bond donors (Lipinski definition) is 10. The van der Waals surface area contributed by atoms with Crippen molar-refractivity contribution in [3.05, 3.63) is 77.9 Å². The highest BCUT2D eigenvalue weighted by molar-refractivity contribution is 5.94. The van der Waals surface area contributed by atoms with E-state index >= 15 is 0 Å². The number of nitrogens with one attached hydrogen (secondary N) is 5. The SMILES string of the molecule is NC(N)=NCCC[C@H]1CN[C@@H](Cc2ccc3ccccc3c2)C(=O)NCC(=O)N[C@H](Cc2ccc(O)cc2)C(=O)N[C@@H](CCCN=C(N)N)C(=O)N1. The fourth-order valence-corrected chi connectivity index (χ4v) is 5.87. The number of benzene rings is 3. The number of phenolic OH excluding ortho intramolecular Hbond substituents is 1. The van der Waals surface area contributed by atoms with Gasteiger partial charge in [0, 0.05) is 32.1 Å². The lowest BCUT2D eigenvalue weighted by molar-refractivity contribution is -0.132. The standard InChI is InChI=1S/C36H49N11O5/c37-35(38)41-15-3-7-26-20-43-29(19-23-9-12-24-5-1-2-6-25(24)17-23)32(50)44-21-31(49)46-30(18-22-10-13-27(48)14-11-22)34(52)47-28(33(51)45-26)8-4-16-42-36(39)40/h1-2,5-6,9-14,17,26,28-30,43,48H,3-4,7-8,15-16,18-21H2,(H,44,50)(H,45,51)(H,46,49)(H,47,52)(H4,37,38,41)(H4,39,40,42)/t26-,28-,29-,30+/m0/s1. The third-order valence-corrected chi connectivity index (χ3v) is 8.56. The highest BCUT2D eigenvalue weighted by atomic mass is 16.3. The molecule has 4 atom stereocenters. The maximum atomic E-state index is 13.9. The van der Waals surface area contributed by atoms with Crippen molar-refractivity contribution in [2.24, 2.45) is 32.9 Å². The monoisotopic (exact) mass is 715 g/mol. The van der Waals surface area contributed by atoms with Crippen molar-refractivity contribution in [1.82, 2.24) is 26.6 Å². The minimum absolute atomic E-state index is 0.0410. The Labute approximate surface area is 302 Å². The number of hydrogen-bond acceptors (Lipinski definition) is 8. The predicted molar refractivity (Wildman–Crippen MR) is 200 cm³/mol. The summed E-state index contributed by atoms with van der Waals surface area (Å²) in [5.41, 5.74) is 23.5. The van der Waals surface area contributed by atoms with Crippen molar-refractivity contribution in [2.75, 3.05) is 26.2 Å². The summed E-state index contributed by atoms with van der Waals surface area (Å²) in [5.74, 6) is -2.21. The lowest BCUT2D eigenvalue weighted by Crippen LogP contribution is -2.56. The molecular formula is C36H49N11O5. The molecule has 0 aliphatic carbocycles. The Kier molecular flexibility index (Phi) is 14.6. The van der Waals surface area contributed by atoms with Gasteiger partial charge in [0.05, 0.1) is 12.6 Å². The third-order valence-electron chi connectivity index (χ3n) is 8.56. The number of nitrogens with two attached hydrogens (primary N) is 4. The van der Waals surface area contributed by atoms with Crippen molar-refractivity contribution >= 4 is 46.3 Å². The molecule has 1 heterocycles. The molecule has 0 spiro atoms. The van der Waals surface area contributed by atoms with Gasteiger partial charge < -0.3 is 54.6 Å². The van der Waals surface area contributed by atoms with Gasteiger partial charge in [-0.2, -0.15) is 0 Å². The zero-order valence-corrected chi connectivity index (χ0v) is 29.0. The first-order valence-corrected chi connectivity index (χ1v) is 17.2. The van der Waals surface area contributed by atoms with Gasteiger partial charge in [0.2, 0.25) is 23.6 Å². The fourth-order valence-electron chi connectivity index (χ4n) is 5.87. The predicted octanol–water partition coefficient (Wildman–Crippen LogP) is -1.02. The Balaban J connectivity index is 1.64. The normalized spacial score (nSPS) is 20.3. The third kappa shape index (κ3) is 12.8. The molecule has 1 aliphatic heterocycles. The van der Waals surface area contributed by atoms with Gasteiger partial charge in [0.15, 0.2) is 11.9 Å². The van der Waals surface area contributed by atoms with E-state index in [1.54, 1.807) is 12.1 Å². The van der Waals surface area contributed by atoms with Crippen LogP contribution in [0.1, 0.15) is 36.8 Å². The van der Waals surface area contributed by atoms with E-state index in [0.717, 1.165) is 16.3 Å². The Hall–Kier alpha value is -5.90. The van der Waals surface area contributed by atoms with E-state index in [1.165, 1.54) is 12.1 Å². The van der Waals surface area contributed by atoms with Gasteiger partial charge in [-0.25, -0.2) is 0 Å². The van der Waals surface area contributed by atoms with Crippen LogP contribution in [0, 0.1) is 0 Å². The first-order valence-electron chi connectivity index (χ1n) is 17.2. The van der Waals surface area contributed by atoms with Gasteiger partial charge in [-0.05, 0) is 66.1 Å². The Bertz CT molecular complexity index is 1740. The molecule has 278 valence electrons. The molecule has 1 fully saturated rings. The Morgan fingerprint density at radius 2 is 1.29 bits per heavy atom. The summed E-state index contributed by atoms with van der Waals surface area (Å²) in [6.45, 7) is 0.337. The number of carbonyl (C=O) groups excluding carboxylic acids is 4. The minimum Gasteiger partial charge on any atom is -0.508 e. The van der Waals surface area contributed by atoms with Crippen LogP contribution in [-0.2, 0) is 32.0 Å². The van der Waals surface area contributed by atoms with E-state index < -0.39 is 54.3 Å². The topological polar surface area (TPSA) is 277 Å². The van der Waals surface area contributed by atoms with Crippen LogP contribution in [0.4, 0.5) is 0 Å². The van der Waals surface area contributed by atoms with Gasteiger partial charge in [0.1, 0.15) is 17.8 Å². The number of nitrogens with zero attached hydrogens (tertiary/aromatic N) is 2. The zero-order chi connectivity index (χ0) is 37.5. The molecule has 4 amide bonds. The van der Waals surface area contributed by atoms with Crippen molar-refractivity contribution in [3.63, 3.8) is 0 Å². The summed E-state index contributed by atoms with van der Waals surface area (Å²) in [7, 11) is 0. The highest BCUT2D eigenvalue weighted by Gasteiger charge is 2.30. The summed E-state index contributed by atoms with van der Waals surface area (Å²) < 4.78 is 0. The molecule has 16 heteroatoms. The second-order valence-corrected chi connectivity index (χ2v) is 12.7. The molecule has 52 heavy (non-hydrogen) atoms. The number of carbonyl (C=O) groups is 4. The molecule has 14 N–H and O–H groups in total. The number of rotatable bonds is 12. The number of amides is 4. The van der Waals surface area contributed by atoms with E-state index in [2.05, 4.69) is 36.6 Å². The van der Waals surface area contributed by atoms with Gasteiger partial charge in [0.25, 0.3) is 0 Å². The van der Waals surface area contributed by atoms with Crippen LogP contribution in [0.5, 0.6) is 5.75 Å². The molecule has 3 aromatic carbocycles. The number of fused-ring (bicyclic) bond motifs is 1. The van der Waals surface area contributed by atoms with Gasteiger partial charge in [-0.3, -0.25) is 29.2 Å². The summed E-state index contributed by atoms with van der Waals surface area (Å²) >= 11 is 0. The van der Waals surface area contributed by atoms with Gasteiger partial charge in [-0.15, -0.1) is 0 Å². The van der Waals surface area contributed by atoms with Crippen molar-refractivity contribution in [2.45, 2.75) is 62.7 Å². The van der Waals surface area contributed by atoms with E-state index in [-0.39, 0.29) is 43.6 Å². The number of phenols is 1. The van der Waals surface area contributed by atoms with Crippen LogP contribution < -0.4 is 49.5 Å². The number of aromatic hydroxyl groups is 1. The minimum atomic E-state index is -1.12. The zero-order valence-electron chi connectivity index (χ0n) is 29.0. The fraction of sp³-hybridized carbons (Fsp3) is 0.389. The van der Waals surface area contributed by atoms with E-state index in [1.807, 2.05) is 42.5 Å². The smallest absolute Gasteiger partial charge is 0.243 e. The molecule has 0 radical (unpaired) electrons. The maximum Gasteiger partial charge on any atom is 0.243 e. The maximum absolute atomic E-state index is 13.9. The second kappa shape index (κ2) is 19.5. The molecule has 0 unspecified atom stereocenters. The van der Waals surface area contributed by atoms with Crippen LogP contribution in [0.3, 0.4) is 0 Å². The van der Waals surface area contributed by atoms with Gasteiger partial charge in [-0.1, -0.05) is 54.6 Å². The molecule has 1 saturated heterocycles. The number of aliphatic imine (C=N–C) groups is 2. The quantitative estimate of drug-likeness (QED) is 0.0619. The highest BCUT2D eigenvalue weighted by Crippen LogP contribution is 2.17. The van der Waals surface area contributed by atoms with Crippen LogP contribution >= 0.6 is 0 Å². The van der Waals surface area contributed by atoms with Gasteiger partial charge >= 0.3 is 0 Å². The molecule has 0 bridgehead atoms. The summed E-state index contributed by atoms with van der Waals surface area (Å²) in [6.07, 6.45) is 1.86. The first-order chi connectivity index (χ1) is 25.0. The Morgan fingerprint density at radius 1 is 0.673 bits per heavy atom. The molecule has 0 saturated carbocycles. The molecule has 0 aromatic heterocycles. The van der Waals surface area contributed by atoms with Crippen LogP contribution in [0.2, 0.25) is 0 Å². The first kappa shape index (κ1) is 38.9. The molecule has 3 aromatic rings. The van der Waals surface area contributed by atoms with E-state index in [9.17, 15) is 24.3 Å². The molecular weight excluding hydrogens is 666 g/mol. The summed E-state index contributed by atoms with van der Waals surface area (Å²) in [4.78, 5) is 62.6. The molecule has 1 aliphatic rings. The van der Waals surface area contributed by atoms with Crippen molar-refractivity contribution in [3.8, 4) is 5.75 Å². The average Bonchev–Trinajstić information content (AvgIpc) is 3.11. The van der Waals surface area contributed by atoms with Crippen LogP contribution in [0.25, 0.3) is 10.8 Å². The van der Waals surface area contributed by atoms with Crippen molar-refractivity contribution < 1.29 is 24.3 Å². The van der Waals surface area contributed by atoms with Crippen LogP contribution in [-0.4, -0.2) is 91.0 Å². The lowest BCUT2D eigenvalue weighted by Gasteiger charge is -2.26. The molecule has 16 nitrogen and oxygen atoms in total. The Morgan fingerprint density at radius 3 is 1.98 bits per heavy atom. The second-order valence-electron chi connectivity index (χ2n) is 12.7. The van der Waals surface area contributed by atoms with Crippen LogP contribution in [0.15, 0.2) is 76.7 Å². The average molecular weight is 716 g/mol. The lowest BCUT2D eigenvalue weighted by atomic mass is 10.0. The van der Waals surface area contributed by atoms with E-state index in [4.69, 9.17) is 22.9 Å². The summed E-state index contributed by atoms with van der Waals surface area (Å²) in [6, 6.07) is 16.6. The largest absolute Gasteiger partial charge is 0.508 e. The number of guanidine groups is 2. The van der Waals surface area contributed by atoms with Crippen molar-refractivity contribution in [1.29, 1.82) is 0 Å². The van der Waals surface area contributed by atoms with E-state index in [0.29, 0.717) is 37.8 Å². The molecule has 4 rings (SSSR count). The summed E-state index contributed by atoms with van der Waals surface area (Å²) in [5, 5.41) is 26.4.